The van der Waals surface area contributed by atoms with Crippen LogP contribution in [0.5, 0.6) is 0 Å². The van der Waals surface area contributed by atoms with Crippen LogP contribution < -0.4 is 5.32 Å². The van der Waals surface area contributed by atoms with Gasteiger partial charge in [0.05, 0.1) is 11.0 Å². The molecule has 1 N–H and O–H groups in total. The van der Waals surface area contributed by atoms with E-state index in [0.29, 0.717) is 11.9 Å². The Kier molecular flexibility index (Phi) is 3.69. The average Bonchev–Trinajstić information content (AvgIpc) is 3.40. The number of ether oxygens (including phenoxy) is 1. The Morgan fingerprint density at radius 1 is 1.21 bits per heavy atom. The molecule has 1 heterocycles. The lowest BCUT2D eigenvalue weighted by molar-refractivity contribution is 0.155. The van der Waals surface area contributed by atoms with Crippen LogP contribution in [0.4, 0.5) is 10.7 Å². The highest BCUT2D eigenvalue weighted by Crippen LogP contribution is 2.43. The number of carbonyl (C=O) groups excluding carboxylic acids is 1. The largest absolute Gasteiger partial charge is 0.444 e. The number of aryl methyl sites for hydroxylation is 1. The number of para-hydroxylation sites is 1. The van der Waals surface area contributed by atoms with Gasteiger partial charge in [0.2, 0.25) is 5.95 Å². The van der Waals surface area contributed by atoms with Crippen molar-refractivity contribution in [3.63, 3.8) is 0 Å². The zero-order valence-electron chi connectivity index (χ0n) is 13.5. The van der Waals surface area contributed by atoms with Crippen LogP contribution in [0.2, 0.25) is 0 Å². The molecule has 1 amide bonds. The average molecular weight is 321 g/mol. The van der Waals surface area contributed by atoms with E-state index >= 15 is 0 Å². The lowest BCUT2D eigenvalue weighted by Gasteiger charge is -2.06. The van der Waals surface area contributed by atoms with Gasteiger partial charge in [-0.25, -0.2) is 9.78 Å². The van der Waals surface area contributed by atoms with Crippen molar-refractivity contribution in [3.8, 4) is 0 Å². The van der Waals surface area contributed by atoms with Gasteiger partial charge in [-0.1, -0.05) is 42.5 Å². The molecule has 1 aliphatic carbocycles. The number of nitrogens with zero attached hydrogens (tertiary/aromatic N) is 2. The Bertz CT molecular complexity index is 882. The number of hydrogen-bond acceptors (Lipinski definition) is 3. The van der Waals surface area contributed by atoms with Crippen molar-refractivity contribution in [3.05, 3.63) is 59.7 Å². The van der Waals surface area contributed by atoms with Gasteiger partial charge in [-0.15, -0.1) is 0 Å². The fourth-order valence-corrected chi connectivity index (χ4v) is 2.92. The minimum Gasteiger partial charge on any atom is -0.444 e. The maximum absolute atomic E-state index is 12.1. The topological polar surface area (TPSA) is 56.2 Å². The Morgan fingerprint density at radius 3 is 2.75 bits per heavy atom. The van der Waals surface area contributed by atoms with Crippen LogP contribution in [-0.2, 0) is 18.4 Å². The summed E-state index contributed by atoms with van der Waals surface area (Å²) in [5.41, 5.74) is 4.22. The standard InChI is InChI=1S/C19H19N3O2/c1-22-16-9-5-8-15(14-10-11-14)17(16)20-18(22)21-19(23)24-12-13-6-3-2-4-7-13/h2-9,14H,10-12H2,1H3,(H,20,21,23). The molecular weight excluding hydrogens is 302 g/mol. The van der Waals surface area contributed by atoms with Crippen LogP contribution >= 0.6 is 0 Å². The van der Waals surface area contributed by atoms with Crippen molar-refractivity contribution in [2.75, 3.05) is 5.32 Å². The number of benzene rings is 2. The molecule has 0 aliphatic heterocycles. The molecular formula is C19H19N3O2. The van der Waals surface area contributed by atoms with Gasteiger partial charge in [-0.3, -0.25) is 5.32 Å². The number of amides is 1. The Hall–Kier alpha value is -2.82. The molecule has 0 bridgehead atoms. The van der Waals surface area contributed by atoms with Gasteiger partial charge >= 0.3 is 6.09 Å². The number of anilines is 1. The number of hydrogen-bond donors (Lipinski definition) is 1. The molecule has 122 valence electrons. The van der Waals surface area contributed by atoms with Crippen LogP contribution in [0, 0.1) is 0 Å². The van der Waals surface area contributed by atoms with E-state index in [4.69, 9.17) is 4.74 Å². The van der Waals surface area contributed by atoms with Gasteiger partial charge in [-0.2, -0.15) is 0 Å². The highest BCUT2D eigenvalue weighted by Gasteiger charge is 2.27. The second-order valence-corrected chi connectivity index (χ2v) is 6.17. The summed E-state index contributed by atoms with van der Waals surface area (Å²) in [5, 5.41) is 2.75. The predicted molar refractivity (Wildman–Crippen MR) is 92.9 cm³/mol. The summed E-state index contributed by atoms with van der Waals surface area (Å²) in [6, 6.07) is 15.8. The van der Waals surface area contributed by atoms with Crippen molar-refractivity contribution in [2.45, 2.75) is 25.4 Å². The second-order valence-electron chi connectivity index (χ2n) is 6.17. The molecule has 0 spiro atoms. The van der Waals surface area contributed by atoms with Gasteiger partial charge in [0.25, 0.3) is 0 Å². The first kappa shape index (κ1) is 14.8. The summed E-state index contributed by atoms with van der Waals surface area (Å²) in [6.07, 6.45) is 1.94. The van der Waals surface area contributed by atoms with E-state index in [1.807, 2.05) is 48.0 Å². The number of rotatable bonds is 4. The van der Waals surface area contributed by atoms with E-state index < -0.39 is 6.09 Å². The van der Waals surface area contributed by atoms with Gasteiger partial charge in [0.1, 0.15) is 6.61 Å². The van der Waals surface area contributed by atoms with Crippen LogP contribution in [-0.4, -0.2) is 15.6 Å². The quantitative estimate of drug-likeness (QED) is 0.783. The zero-order chi connectivity index (χ0) is 16.5. The normalized spacial score (nSPS) is 13.9. The Labute approximate surface area is 140 Å². The van der Waals surface area contributed by atoms with Crippen molar-refractivity contribution in [2.24, 2.45) is 7.05 Å². The van der Waals surface area contributed by atoms with Gasteiger partial charge in [0, 0.05) is 7.05 Å². The fourth-order valence-electron chi connectivity index (χ4n) is 2.92. The third-order valence-electron chi connectivity index (χ3n) is 4.39. The molecule has 3 aromatic rings. The van der Waals surface area contributed by atoms with E-state index in [2.05, 4.69) is 22.4 Å². The summed E-state index contributed by atoms with van der Waals surface area (Å²) in [6.45, 7) is 0.240. The molecule has 5 heteroatoms. The van der Waals surface area contributed by atoms with Crippen LogP contribution in [0.15, 0.2) is 48.5 Å². The molecule has 24 heavy (non-hydrogen) atoms. The summed E-state index contributed by atoms with van der Waals surface area (Å²) in [4.78, 5) is 16.7. The van der Waals surface area contributed by atoms with Gasteiger partial charge in [0.15, 0.2) is 0 Å². The molecule has 0 unspecified atom stereocenters. The smallest absolute Gasteiger partial charge is 0.414 e. The Balaban J connectivity index is 1.51. The molecule has 4 rings (SSSR count). The van der Waals surface area contributed by atoms with E-state index in [-0.39, 0.29) is 6.61 Å². The first-order valence-electron chi connectivity index (χ1n) is 8.15. The number of aromatic nitrogens is 2. The van der Waals surface area contributed by atoms with Crippen molar-refractivity contribution in [1.29, 1.82) is 0 Å². The van der Waals surface area contributed by atoms with Crippen LogP contribution in [0.25, 0.3) is 11.0 Å². The molecule has 1 aliphatic rings. The molecule has 1 fully saturated rings. The fraction of sp³-hybridized carbons (Fsp3) is 0.263. The van der Waals surface area contributed by atoms with Gasteiger partial charge in [-0.05, 0) is 36.0 Å². The van der Waals surface area contributed by atoms with Crippen LogP contribution in [0.1, 0.15) is 29.9 Å². The molecule has 5 nitrogen and oxygen atoms in total. The Morgan fingerprint density at radius 2 is 2.00 bits per heavy atom. The van der Waals surface area contributed by atoms with Crippen molar-refractivity contribution in [1.82, 2.24) is 9.55 Å². The predicted octanol–water partition coefficient (Wildman–Crippen LogP) is 4.20. The summed E-state index contributed by atoms with van der Waals surface area (Å²) >= 11 is 0. The molecule has 0 radical (unpaired) electrons. The summed E-state index contributed by atoms with van der Waals surface area (Å²) in [7, 11) is 1.90. The number of fused-ring (bicyclic) bond motifs is 1. The number of carbonyl (C=O) groups is 1. The van der Waals surface area contributed by atoms with E-state index in [1.165, 1.54) is 18.4 Å². The summed E-state index contributed by atoms with van der Waals surface area (Å²) < 4.78 is 7.16. The molecule has 2 aromatic carbocycles. The minimum atomic E-state index is -0.495. The molecule has 1 saturated carbocycles. The number of nitrogens with one attached hydrogen (secondary N) is 1. The maximum Gasteiger partial charge on any atom is 0.414 e. The van der Waals surface area contributed by atoms with Crippen LogP contribution in [0.3, 0.4) is 0 Å². The molecule has 0 atom stereocenters. The lowest BCUT2D eigenvalue weighted by atomic mass is 10.1. The monoisotopic (exact) mass is 321 g/mol. The third kappa shape index (κ3) is 2.85. The van der Waals surface area contributed by atoms with E-state index in [1.54, 1.807) is 0 Å². The zero-order valence-corrected chi connectivity index (χ0v) is 13.5. The van der Waals surface area contributed by atoms with Crippen molar-refractivity contribution < 1.29 is 9.53 Å². The first-order valence-corrected chi connectivity index (χ1v) is 8.15. The number of imidazole rings is 1. The minimum absolute atomic E-state index is 0.240. The highest BCUT2D eigenvalue weighted by molar-refractivity contribution is 5.88. The first-order chi connectivity index (χ1) is 11.7. The van der Waals surface area contributed by atoms with Crippen molar-refractivity contribution >= 4 is 23.1 Å². The van der Waals surface area contributed by atoms with E-state index in [0.717, 1.165) is 16.6 Å². The van der Waals surface area contributed by atoms with E-state index in [9.17, 15) is 4.79 Å². The second kappa shape index (κ2) is 6.00. The van der Waals surface area contributed by atoms with Gasteiger partial charge < -0.3 is 9.30 Å². The summed E-state index contributed by atoms with van der Waals surface area (Å²) in [5.74, 6) is 1.12. The lowest BCUT2D eigenvalue weighted by Crippen LogP contribution is -2.16. The highest BCUT2D eigenvalue weighted by atomic mass is 16.5. The SMILES string of the molecule is Cn1c(NC(=O)OCc2ccccc2)nc2c(C3CC3)cccc21. The maximum atomic E-state index is 12.1. The molecule has 1 aromatic heterocycles. The third-order valence-corrected chi connectivity index (χ3v) is 4.39. The molecule has 0 saturated heterocycles.